The monoisotopic (exact) mass is 392 g/mol. The Morgan fingerprint density at radius 3 is 2.43 bits per heavy atom. The fraction of sp³-hybridized carbons (Fsp3) is 0.810. The van der Waals surface area contributed by atoms with Gasteiger partial charge in [-0.1, -0.05) is 27.7 Å². The molecule has 0 aliphatic carbocycles. The first kappa shape index (κ1) is 22.7. The molecule has 0 amide bonds. The van der Waals surface area contributed by atoms with Crippen LogP contribution in [0.1, 0.15) is 59.1 Å². The standard InChI is InChI=1S/C21H40N6O/c1-6-22-20(25-17-19-24-16-18(28-19)21(3,4)5)23-10-8-9-11-27-14-12-26(7-2)13-15-27/h16H,6-15,17H2,1-5H3,(H2,22,23,25). The van der Waals surface area contributed by atoms with E-state index < -0.39 is 0 Å². The summed E-state index contributed by atoms with van der Waals surface area (Å²) in [6.45, 7) is 20.1. The Hall–Kier alpha value is -1.60. The summed E-state index contributed by atoms with van der Waals surface area (Å²) in [6.07, 6.45) is 4.17. The molecule has 2 rings (SSSR count). The second kappa shape index (κ2) is 11.4. The number of nitrogens with zero attached hydrogens (tertiary/aromatic N) is 4. The van der Waals surface area contributed by atoms with E-state index in [9.17, 15) is 0 Å². The van der Waals surface area contributed by atoms with Gasteiger partial charge in [-0.2, -0.15) is 0 Å². The second-order valence-corrected chi connectivity index (χ2v) is 8.47. The van der Waals surface area contributed by atoms with Crippen LogP contribution in [0.15, 0.2) is 15.6 Å². The summed E-state index contributed by atoms with van der Waals surface area (Å²) < 4.78 is 5.82. The van der Waals surface area contributed by atoms with Crippen LogP contribution in [-0.4, -0.2) is 73.1 Å². The fourth-order valence-electron chi connectivity index (χ4n) is 3.21. The summed E-state index contributed by atoms with van der Waals surface area (Å²) in [4.78, 5) is 14.1. The van der Waals surface area contributed by atoms with Crippen molar-refractivity contribution in [1.29, 1.82) is 0 Å². The van der Waals surface area contributed by atoms with E-state index in [1.165, 1.54) is 45.7 Å². The maximum Gasteiger partial charge on any atom is 0.216 e. The van der Waals surface area contributed by atoms with Crippen LogP contribution in [0.2, 0.25) is 0 Å². The molecule has 1 fully saturated rings. The quantitative estimate of drug-likeness (QED) is 0.382. The number of aliphatic imine (C=N–C) groups is 1. The van der Waals surface area contributed by atoms with Gasteiger partial charge in [-0.05, 0) is 32.9 Å². The van der Waals surface area contributed by atoms with Gasteiger partial charge in [0.2, 0.25) is 5.89 Å². The average molecular weight is 393 g/mol. The third kappa shape index (κ3) is 7.80. The number of unbranched alkanes of at least 4 members (excludes halogenated alkanes) is 1. The van der Waals surface area contributed by atoms with E-state index in [0.717, 1.165) is 31.2 Å². The van der Waals surface area contributed by atoms with Crippen molar-refractivity contribution in [2.24, 2.45) is 4.99 Å². The van der Waals surface area contributed by atoms with Gasteiger partial charge >= 0.3 is 0 Å². The van der Waals surface area contributed by atoms with Gasteiger partial charge in [0.15, 0.2) is 5.96 Å². The highest BCUT2D eigenvalue weighted by Gasteiger charge is 2.19. The van der Waals surface area contributed by atoms with Crippen LogP contribution in [0.5, 0.6) is 0 Å². The van der Waals surface area contributed by atoms with Crippen LogP contribution in [0, 0.1) is 0 Å². The summed E-state index contributed by atoms with van der Waals surface area (Å²) >= 11 is 0. The minimum absolute atomic E-state index is 0.0269. The zero-order valence-corrected chi connectivity index (χ0v) is 18.6. The molecular weight excluding hydrogens is 352 g/mol. The van der Waals surface area contributed by atoms with Gasteiger partial charge in [0.1, 0.15) is 12.3 Å². The second-order valence-electron chi connectivity index (χ2n) is 8.47. The number of rotatable bonds is 9. The highest BCUT2D eigenvalue weighted by atomic mass is 16.4. The van der Waals surface area contributed by atoms with Crippen molar-refractivity contribution in [3.05, 3.63) is 17.8 Å². The van der Waals surface area contributed by atoms with Gasteiger partial charge in [0.05, 0.1) is 6.20 Å². The smallest absolute Gasteiger partial charge is 0.216 e. The third-order valence-electron chi connectivity index (χ3n) is 5.12. The van der Waals surface area contributed by atoms with E-state index in [1.807, 2.05) is 6.20 Å². The van der Waals surface area contributed by atoms with Gasteiger partial charge in [-0.25, -0.2) is 9.98 Å². The number of guanidine groups is 1. The van der Waals surface area contributed by atoms with E-state index in [0.29, 0.717) is 12.4 Å². The molecule has 7 heteroatoms. The molecule has 0 radical (unpaired) electrons. The lowest BCUT2D eigenvalue weighted by molar-refractivity contribution is 0.136. The predicted molar refractivity (Wildman–Crippen MR) is 116 cm³/mol. The highest BCUT2D eigenvalue weighted by Crippen LogP contribution is 2.22. The van der Waals surface area contributed by atoms with Crippen LogP contribution in [0.25, 0.3) is 0 Å². The molecule has 0 bridgehead atoms. The Morgan fingerprint density at radius 2 is 1.82 bits per heavy atom. The number of likely N-dealkylation sites (N-methyl/N-ethyl adjacent to an activating group) is 1. The van der Waals surface area contributed by atoms with Gasteiger partial charge in [0.25, 0.3) is 0 Å². The van der Waals surface area contributed by atoms with Crippen LogP contribution >= 0.6 is 0 Å². The molecule has 1 aromatic rings. The number of nitrogens with one attached hydrogen (secondary N) is 2. The Labute approximate surface area is 171 Å². The molecule has 1 aromatic heterocycles. The van der Waals surface area contributed by atoms with Crippen LogP contribution in [0.3, 0.4) is 0 Å². The lowest BCUT2D eigenvalue weighted by Crippen LogP contribution is -2.46. The van der Waals surface area contributed by atoms with E-state index >= 15 is 0 Å². The van der Waals surface area contributed by atoms with Crippen LogP contribution in [0.4, 0.5) is 0 Å². The first-order valence-electron chi connectivity index (χ1n) is 10.8. The lowest BCUT2D eigenvalue weighted by atomic mass is 9.94. The summed E-state index contributed by atoms with van der Waals surface area (Å²) in [5, 5.41) is 6.72. The first-order chi connectivity index (χ1) is 13.4. The number of oxazole rings is 1. The lowest BCUT2D eigenvalue weighted by Gasteiger charge is -2.34. The number of hydrogen-bond acceptors (Lipinski definition) is 5. The van der Waals surface area contributed by atoms with Crippen molar-refractivity contribution in [2.45, 2.75) is 59.4 Å². The molecule has 1 saturated heterocycles. The van der Waals surface area contributed by atoms with Crippen molar-refractivity contribution in [2.75, 3.05) is 52.4 Å². The van der Waals surface area contributed by atoms with Crippen molar-refractivity contribution in [3.8, 4) is 0 Å². The SMILES string of the molecule is CCNC(=NCc1ncc(C(C)(C)C)o1)NCCCCN1CCN(CC)CC1. The maximum atomic E-state index is 5.82. The number of piperazine rings is 1. The third-order valence-corrected chi connectivity index (χ3v) is 5.12. The number of aromatic nitrogens is 1. The minimum atomic E-state index is -0.0269. The predicted octanol–water partition coefficient (Wildman–Crippen LogP) is 2.44. The molecule has 0 atom stereocenters. The zero-order chi connectivity index (χ0) is 20.4. The zero-order valence-electron chi connectivity index (χ0n) is 18.6. The fourth-order valence-corrected chi connectivity index (χ4v) is 3.21. The number of hydrogen-bond donors (Lipinski definition) is 2. The largest absolute Gasteiger partial charge is 0.443 e. The summed E-state index contributed by atoms with van der Waals surface area (Å²) in [5.74, 6) is 2.39. The molecule has 0 unspecified atom stereocenters. The first-order valence-corrected chi connectivity index (χ1v) is 10.8. The van der Waals surface area contributed by atoms with E-state index in [2.05, 4.69) is 65.0 Å². The molecule has 1 aliphatic heterocycles. The normalized spacial score (nSPS) is 17.1. The molecule has 160 valence electrons. The Kier molecular flexibility index (Phi) is 9.25. The van der Waals surface area contributed by atoms with Crippen molar-refractivity contribution in [1.82, 2.24) is 25.4 Å². The Morgan fingerprint density at radius 1 is 1.11 bits per heavy atom. The molecule has 0 saturated carbocycles. The van der Waals surface area contributed by atoms with E-state index in [4.69, 9.17) is 4.42 Å². The van der Waals surface area contributed by atoms with Crippen LogP contribution < -0.4 is 10.6 Å². The summed E-state index contributed by atoms with van der Waals surface area (Å²) in [5.41, 5.74) is -0.0269. The Balaban J connectivity index is 1.68. The van der Waals surface area contributed by atoms with Crippen molar-refractivity contribution < 1.29 is 4.42 Å². The summed E-state index contributed by atoms with van der Waals surface area (Å²) in [6, 6.07) is 0. The Bertz CT molecular complexity index is 584. The summed E-state index contributed by atoms with van der Waals surface area (Å²) in [7, 11) is 0. The van der Waals surface area contributed by atoms with Crippen LogP contribution in [-0.2, 0) is 12.0 Å². The van der Waals surface area contributed by atoms with Gasteiger partial charge < -0.3 is 24.9 Å². The molecule has 28 heavy (non-hydrogen) atoms. The average Bonchev–Trinajstić information content (AvgIpc) is 3.16. The van der Waals surface area contributed by atoms with Crippen molar-refractivity contribution in [3.63, 3.8) is 0 Å². The molecule has 0 spiro atoms. The van der Waals surface area contributed by atoms with Gasteiger partial charge in [0, 0.05) is 44.7 Å². The molecule has 2 heterocycles. The van der Waals surface area contributed by atoms with E-state index in [1.54, 1.807) is 0 Å². The molecular formula is C21H40N6O. The highest BCUT2D eigenvalue weighted by molar-refractivity contribution is 5.79. The molecule has 1 aliphatic rings. The van der Waals surface area contributed by atoms with E-state index in [-0.39, 0.29) is 5.41 Å². The molecule has 7 nitrogen and oxygen atoms in total. The maximum absolute atomic E-state index is 5.82. The van der Waals surface area contributed by atoms with Gasteiger partial charge in [-0.3, -0.25) is 0 Å². The van der Waals surface area contributed by atoms with Crippen molar-refractivity contribution >= 4 is 5.96 Å². The minimum Gasteiger partial charge on any atom is -0.443 e. The molecule has 0 aromatic carbocycles. The molecule has 2 N–H and O–H groups in total. The topological polar surface area (TPSA) is 68.9 Å². The van der Waals surface area contributed by atoms with Gasteiger partial charge in [-0.15, -0.1) is 0 Å².